The molecular weight excluding hydrogens is 208 g/mol. The van der Waals surface area contributed by atoms with Crippen molar-refractivity contribution in [1.82, 2.24) is 20.2 Å². The van der Waals surface area contributed by atoms with Gasteiger partial charge in [-0.25, -0.2) is 9.89 Å². The molecule has 7 nitrogen and oxygen atoms in total. The van der Waals surface area contributed by atoms with Crippen LogP contribution in [0.2, 0.25) is 0 Å². The molecule has 0 aliphatic rings. The van der Waals surface area contributed by atoms with E-state index in [0.29, 0.717) is 0 Å². The molecule has 80 valence electrons. The molecule has 0 aliphatic heterocycles. The van der Waals surface area contributed by atoms with Crippen molar-refractivity contribution in [2.24, 2.45) is 5.10 Å². The largest absolute Gasteiger partial charge is 0.363 e. The van der Waals surface area contributed by atoms with Gasteiger partial charge in [0, 0.05) is 18.0 Å². The maximum atomic E-state index is 10.8. The summed E-state index contributed by atoms with van der Waals surface area (Å²) < 4.78 is 0. The highest BCUT2D eigenvalue weighted by atomic mass is 16.1. The first kappa shape index (κ1) is 9.97. The van der Waals surface area contributed by atoms with Crippen LogP contribution in [0.15, 0.2) is 40.6 Å². The molecule has 0 saturated carbocycles. The summed E-state index contributed by atoms with van der Waals surface area (Å²) in [4.78, 5) is 18.3. The van der Waals surface area contributed by atoms with Crippen LogP contribution in [0, 0.1) is 0 Å². The Morgan fingerprint density at radius 1 is 1.44 bits per heavy atom. The molecular formula is C9H8N6O. The Balaban J connectivity index is 2.03. The molecule has 16 heavy (non-hydrogen) atoms. The van der Waals surface area contributed by atoms with Gasteiger partial charge in [0.25, 0.3) is 0 Å². The zero-order valence-electron chi connectivity index (χ0n) is 8.16. The summed E-state index contributed by atoms with van der Waals surface area (Å²) in [5.41, 5.74) is 2.90. The van der Waals surface area contributed by atoms with Crippen LogP contribution in [-0.4, -0.2) is 26.4 Å². The van der Waals surface area contributed by atoms with E-state index in [9.17, 15) is 4.79 Å². The summed E-state index contributed by atoms with van der Waals surface area (Å²) in [6, 6.07) is 3.65. The van der Waals surface area contributed by atoms with E-state index in [1.54, 1.807) is 24.7 Å². The number of hydrogen-bond acceptors (Lipinski definition) is 6. The minimum atomic E-state index is -0.526. The first-order chi connectivity index (χ1) is 7.84. The highest BCUT2D eigenvalue weighted by Gasteiger charge is 1.91. The zero-order valence-corrected chi connectivity index (χ0v) is 8.16. The van der Waals surface area contributed by atoms with Gasteiger partial charge in [-0.1, -0.05) is 6.07 Å². The predicted molar refractivity (Wildman–Crippen MR) is 58.1 cm³/mol. The van der Waals surface area contributed by atoms with Crippen LogP contribution in [0.4, 0.5) is 5.82 Å². The van der Waals surface area contributed by atoms with E-state index in [1.165, 1.54) is 6.20 Å². The Bertz CT molecular complexity index is 535. The van der Waals surface area contributed by atoms with Crippen molar-refractivity contribution < 1.29 is 0 Å². The monoisotopic (exact) mass is 216 g/mol. The van der Waals surface area contributed by atoms with E-state index in [-0.39, 0.29) is 5.82 Å². The van der Waals surface area contributed by atoms with Crippen molar-refractivity contribution in [2.45, 2.75) is 0 Å². The van der Waals surface area contributed by atoms with E-state index in [2.05, 4.69) is 30.7 Å². The molecule has 0 aromatic carbocycles. The van der Waals surface area contributed by atoms with Gasteiger partial charge in [0.2, 0.25) is 0 Å². The van der Waals surface area contributed by atoms with Crippen LogP contribution >= 0.6 is 0 Å². The van der Waals surface area contributed by atoms with Crippen LogP contribution in [0.1, 0.15) is 5.56 Å². The SMILES string of the molecule is O=c1nc(N/N=C\c2cccnc2)cn[nH]1. The average Bonchev–Trinajstić information content (AvgIpc) is 2.30. The van der Waals surface area contributed by atoms with Crippen molar-refractivity contribution in [3.8, 4) is 0 Å². The van der Waals surface area contributed by atoms with Crippen LogP contribution in [0.5, 0.6) is 0 Å². The molecule has 0 radical (unpaired) electrons. The number of nitrogens with one attached hydrogen (secondary N) is 2. The Hall–Kier alpha value is -2.57. The molecule has 0 saturated heterocycles. The maximum absolute atomic E-state index is 10.8. The summed E-state index contributed by atoms with van der Waals surface area (Å²) in [5.74, 6) is 0.281. The smallest absolute Gasteiger partial charge is 0.264 e. The molecule has 2 N–H and O–H groups in total. The first-order valence-corrected chi connectivity index (χ1v) is 4.45. The van der Waals surface area contributed by atoms with Gasteiger partial charge >= 0.3 is 5.69 Å². The third-order valence-electron chi connectivity index (χ3n) is 1.65. The van der Waals surface area contributed by atoms with Gasteiger partial charge < -0.3 is 0 Å². The Morgan fingerprint density at radius 3 is 3.12 bits per heavy atom. The molecule has 2 rings (SSSR count). The van der Waals surface area contributed by atoms with Crippen LogP contribution < -0.4 is 11.1 Å². The van der Waals surface area contributed by atoms with Gasteiger partial charge in [-0.2, -0.15) is 15.2 Å². The summed E-state index contributed by atoms with van der Waals surface area (Å²) in [5, 5.41) is 9.61. The molecule has 0 bridgehead atoms. The fraction of sp³-hybridized carbons (Fsp3) is 0. The molecule has 7 heteroatoms. The van der Waals surface area contributed by atoms with Gasteiger partial charge in [0.1, 0.15) is 0 Å². The topological polar surface area (TPSA) is 95.9 Å². The predicted octanol–water partition coefficient (Wildman–Crippen LogP) is 0.00590. The number of anilines is 1. The van der Waals surface area contributed by atoms with Crippen LogP contribution in [-0.2, 0) is 0 Å². The van der Waals surface area contributed by atoms with E-state index < -0.39 is 5.69 Å². The molecule has 2 heterocycles. The number of H-pyrrole nitrogens is 1. The minimum absolute atomic E-state index is 0.281. The number of hydrogen-bond donors (Lipinski definition) is 2. The van der Waals surface area contributed by atoms with Crippen molar-refractivity contribution in [3.05, 3.63) is 46.8 Å². The number of rotatable bonds is 3. The molecule has 2 aromatic heterocycles. The Labute approximate surface area is 90.3 Å². The third kappa shape index (κ3) is 2.71. The summed E-state index contributed by atoms with van der Waals surface area (Å²) in [6.45, 7) is 0. The van der Waals surface area contributed by atoms with Gasteiger partial charge in [-0.3, -0.25) is 10.4 Å². The molecule has 0 unspecified atom stereocenters. The van der Waals surface area contributed by atoms with Crippen molar-refractivity contribution in [3.63, 3.8) is 0 Å². The third-order valence-corrected chi connectivity index (χ3v) is 1.65. The summed E-state index contributed by atoms with van der Waals surface area (Å²) >= 11 is 0. The van der Waals surface area contributed by atoms with Crippen LogP contribution in [0.3, 0.4) is 0 Å². The molecule has 0 spiro atoms. The highest BCUT2D eigenvalue weighted by molar-refractivity contribution is 5.79. The second-order valence-corrected chi connectivity index (χ2v) is 2.83. The normalized spacial score (nSPS) is 10.5. The molecule has 0 atom stereocenters. The van der Waals surface area contributed by atoms with Crippen molar-refractivity contribution in [2.75, 3.05) is 5.43 Å². The average molecular weight is 216 g/mol. The lowest BCUT2D eigenvalue weighted by Gasteiger charge is -1.95. The molecule has 0 aliphatic carbocycles. The van der Waals surface area contributed by atoms with Gasteiger partial charge in [0.05, 0.1) is 12.4 Å². The van der Waals surface area contributed by atoms with Gasteiger partial charge in [-0.15, -0.1) is 0 Å². The number of hydrazone groups is 1. The lowest BCUT2D eigenvalue weighted by molar-refractivity contribution is 0.913. The van der Waals surface area contributed by atoms with Crippen molar-refractivity contribution >= 4 is 12.0 Å². The molecule has 0 fully saturated rings. The molecule has 0 amide bonds. The number of aromatic nitrogens is 4. The molecule has 2 aromatic rings. The quantitative estimate of drug-likeness (QED) is 0.556. The fourth-order valence-electron chi connectivity index (χ4n) is 0.991. The highest BCUT2D eigenvalue weighted by Crippen LogP contribution is 1.94. The number of aromatic amines is 1. The van der Waals surface area contributed by atoms with E-state index >= 15 is 0 Å². The van der Waals surface area contributed by atoms with E-state index in [4.69, 9.17) is 0 Å². The van der Waals surface area contributed by atoms with Crippen molar-refractivity contribution in [1.29, 1.82) is 0 Å². The maximum Gasteiger partial charge on any atom is 0.363 e. The second-order valence-electron chi connectivity index (χ2n) is 2.83. The number of nitrogens with zero attached hydrogens (tertiary/aromatic N) is 4. The summed E-state index contributed by atoms with van der Waals surface area (Å²) in [7, 11) is 0. The fourth-order valence-corrected chi connectivity index (χ4v) is 0.991. The van der Waals surface area contributed by atoms with E-state index in [0.717, 1.165) is 5.56 Å². The number of pyridine rings is 1. The lowest BCUT2D eigenvalue weighted by Crippen LogP contribution is -2.13. The minimum Gasteiger partial charge on any atom is -0.264 e. The van der Waals surface area contributed by atoms with Gasteiger partial charge in [-0.05, 0) is 6.07 Å². The lowest BCUT2D eigenvalue weighted by atomic mass is 10.3. The zero-order chi connectivity index (χ0) is 11.2. The second kappa shape index (κ2) is 4.78. The Morgan fingerprint density at radius 2 is 2.38 bits per heavy atom. The van der Waals surface area contributed by atoms with Crippen LogP contribution in [0.25, 0.3) is 0 Å². The van der Waals surface area contributed by atoms with E-state index in [1.807, 2.05) is 6.07 Å². The first-order valence-electron chi connectivity index (χ1n) is 4.45. The van der Waals surface area contributed by atoms with Gasteiger partial charge in [0.15, 0.2) is 5.82 Å². The summed E-state index contributed by atoms with van der Waals surface area (Å²) in [6.07, 6.45) is 6.26. The standard InChI is InChI=1S/C9H8N6O/c16-9-13-8(6-12-15-9)14-11-5-7-2-1-3-10-4-7/h1-6H,(H2,13,14,15,16)/b11-5-. The Kier molecular flexibility index (Phi) is 2.98.